The van der Waals surface area contributed by atoms with Gasteiger partial charge in [0.2, 0.25) is 17.2 Å². The number of nitrogens with zero attached hydrogens (tertiary/aromatic N) is 3. The number of anilines is 3. The van der Waals surface area contributed by atoms with E-state index < -0.39 is 0 Å². The van der Waals surface area contributed by atoms with Gasteiger partial charge in [-0.1, -0.05) is 37.3 Å². The van der Waals surface area contributed by atoms with Crippen molar-refractivity contribution in [3.05, 3.63) is 28.5 Å². The first-order chi connectivity index (χ1) is 11.6. The molecule has 0 aliphatic heterocycles. The van der Waals surface area contributed by atoms with Crippen LogP contribution in [0.15, 0.2) is 18.2 Å². The number of aromatic nitrogens is 3. The molecule has 8 heteroatoms. The quantitative estimate of drug-likeness (QED) is 0.533. The molecular weight excluding hydrogens is 349 g/mol. The number of hydrogen-bond acceptors (Lipinski definition) is 6. The Morgan fingerprint density at radius 3 is 2.38 bits per heavy atom. The highest BCUT2D eigenvalue weighted by Gasteiger charge is 2.14. The van der Waals surface area contributed by atoms with Gasteiger partial charge in [0.05, 0.1) is 5.02 Å². The Bertz CT molecular complexity index is 705. The molecule has 0 atom stereocenters. The van der Waals surface area contributed by atoms with Crippen LogP contribution in [0.1, 0.15) is 38.5 Å². The van der Waals surface area contributed by atoms with Crippen molar-refractivity contribution in [1.82, 2.24) is 15.0 Å². The molecule has 1 aliphatic rings. The van der Waals surface area contributed by atoms with E-state index in [-0.39, 0.29) is 16.1 Å². The molecule has 1 fully saturated rings. The van der Waals surface area contributed by atoms with Crippen molar-refractivity contribution in [2.45, 2.75) is 44.6 Å². The molecule has 3 rings (SSSR count). The summed E-state index contributed by atoms with van der Waals surface area (Å²) in [5.41, 5.74) is 0.653. The molecule has 1 heterocycles. The second-order valence-electron chi connectivity index (χ2n) is 5.88. The normalized spacial score (nSPS) is 15.8. The van der Waals surface area contributed by atoms with E-state index >= 15 is 0 Å². The first-order valence-corrected chi connectivity index (χ1v) is 8.79. The van der Waals surface area contributed by atoms with Crippen molar-refractivity contribution in [3.8, 4) is 5.75 Å². The highest BCUT2D eigenvalue weighted by molar-refractivity contribution is 6.32. The van der Waals surface area contributed by atoms with E-state index in [0.717, 1.165) is 12.8 Å². The molecule has 2 aromatic rings. The number of hydrogen-bond donors (Lipinski definition) is 3. The Kier molecular flexibility index (Phi) is 5.58. The zero-order valence-electron chi connectivity index (χ0n) is 13.1. The van der Waals surface area contributed by atoms with Crippen LogP contribution in [0.2, 0.25) is 10.3 Å². The van der Waals surface area contributed by atoms with Crippen molar-refractivity contribution >= 4 is 40.8 Å². The van der Waals surface area contributed by atoms with E-state index in [1.807, 2.05) is 0 Å². The molecule has 6 nitrogen and oxygen atoms in total. The van der Waals surface area contributed by atoms with Crippen LogP contribution in [-0.2, 0) is 0 Å². The lowest BCUT2D eigenvalue weighted by Crippen LogP contribution is -2.20. The predicted octanol–water partition coefficient (Wildman–Crippen LogP) is 4.76. The van der Waals surface area contributed by atoms with Gasteiger partial charge in [-0.2, -0.15) is 15.0 Å². The third kappa shape index (κ3) is 4.61. The summed E-state index contributed by atoms with van der Waals surface area (Å²) in [5, 5.41) is 16.2. The molecule has 0 amide bonds. The van der Waals surface area contributed by atoms with E-state index in [1.54, 1.807) is 12.1 Å². The number of aromatic hydroxyl groups is 1. The first kappa shape index (κ1) is 17.0. The minimum atomic E-state index is 0.0200. The minimum Gasteiger partial charge on any atom is -0.506 e. The van der Waals surface area contributed by atoms with Gasteiger partial charge in [-0.05, 0) is 42.6 Å². The summed E-state index contributed by atoms with van der Waals surface area (Å²) in [6, 6.07) is 5.13. The minimum absolute atomic E-state index is 0.0200. The summed E-state index contributed by atoms with van der Waals surface area (Å²) in [7, 11) is 0. The number of phenolic OH excluding ortho intramolecular Hbond substituents is 1. The van der Waals surface area contributed by atoms with Crippen molar-refractivity contribution in [2.75, 3.05) is 10.6 Å². The molecule has 1 aliphatic carbocycles. The van der Waals surface area contributed by atoms with Crippen molar-refractivity contribution in [3.63, 3.8) is 0 Å². The molecule has 1 aromatic heterocycles. The predicted molar refractivity (Wildman–Crippen MR) is 96.3 cm³/mol. The summed E-state index contributed by atoms with van der Waals surface area (Å²) in [5.74, 6) is 0.814. The molecule has 128 valence electrons. The Balaban J connectivity index is 1.74. The zero-order valence-corrected chi connectivity index (χ0v) is 14.6. The van der Waals surface area contributed by atoms with Crippen LogP contribution >= 0.6 is 23.2 Å². The lowest BCUT2D eigenvalue weighted by molar-refractivity contribution is 0.475. The molecular formula is C16H19Cl2N5O. The van der Waals surface area contributed by atoms with Gasteiger partial charge >= 0.3 is 0 Å². The standard InChI is InChI=1S/C16H19Cl2N5O/c17-12-9-11(7-8-13(12)24)20-16-22-14(18)21-15(23-16)19-10-5-3-1-2-4-6-10/h7-10,24H,1-6H2,(H2,19,20,21,22,23). The SMILES string of the molecule is Oc1ccc(Nc2nc(Cl)nc(NC3CCCCCC3)n2)cc1Cl. The van der Waals surface area contributed by atoms with Gasteiger partial charge in [-0.3, -0.25) is 0 Å². The van der Waals surface area contributed by atoms with Crippen LogP contribution in [0.3, 0.4) is 0 Å². The molecule has 0 spiro atoms. The van der Waals surface area contributed by atoms with Crippen LogP contribution in [0.4, 0.5) is 17.6 Å². The summed E-state index contributed by atoms with van der Waals surface area (Å²) >= 11 is 11.9. The van der Waals surface area contributed by atoms with E-state index in [2.05, 4.69) is 25.6 Å². The molecule has 0 radical (unpaired) electrons. The van der Waals surface area contributed by atoms with E-state index in [4.69, 9.17) is 23.2 Å². The van der Waals surface area contributed by atoms with Crippen LogP contribution in [0.5, 0.6) is 5.75 Å². The van der Waals surface area contributed by atoms with Gasteiger partial charge < -0.3 is 15.7 Å². The van der Waals surface area contributed by atoms with E-state index in [0.29, 0.717) is 23.6 Å². The molecule has 0 saturated heterocycles. The van der Waals surface area contributed by atoms with Gasteiger partial charge in [0, 0.05) is 11.7 Å². The van der Waals surface area contributed by atoms with E-state index in [9.17, 15) is 5.11 Å². The largest absolute Gasteiger partial charge is 0.506 e. The average Bonchev–Trinajstić information content (AvgIpc) is 2.79. The fourth-order valence-corrected chi connectivity index (χ4v) is 3.13. The summed E-state index contributed by atoms with van der Waals surface area (Å²) in [4.78, 5) is 12.6. The van der Waals surface area contributed by atoms with E-state index in [1.165, 1.54) is 31.7 Å². The van der Waals surface area contributed by atoms with Gasteiger partial charge in [0.1, 0.15) is 5.75 Å². The van der Waals surface area contributed by atoms with Crippen LogP contribution in [0.25, 0.3) is 0 Å². The summed E-state index contributed by atoms with van der Waals surface area (Å²) in [6.45, 7) is 0. The van der Waals surface area contributed by atoms with Crippen molar-refractivity contribution in [1.29, 1.82) is 0 Å². The number of benzene rings is 1. The summed E-state index contributed by atoms with van der Waals surface area (Å²) < 4.78 is 0. The fraction of sp³-hybridized carbons (Fsp3) is 0.438. The average molecular weight is 368 g/mol. The molecule has 0 unspecified atom stereocenters. The molecule has 1 saturated carbocycles. The maximum Gasteiger partial charge on any atom is 0.233 e. The Morgan fingerprint density at radius 1 is 0.958 bits per heavy atom. The third-order valence-electron chi connectivity index (χ3n) is 4.00. The smallest absolute Gasteiger partial charge is 0.233 e. The van der Waals surface area contributed by atoms with Gasteiger partial charge in [0.15, 0.2) is 0 Å². The van der Waals surface area contributed by atoms with Crippen LogP contribution in [0, 0.1) is 0 Å². The molecule has 1 aromatic carbocycles. The highest BCUT2D eigenvalue weighted by atomic mass is 35.5. The fourth-order valence-electron chi connectivity index (χ4n) is 2.79. The third-order valence-corrected chi connectivity index (χ3v) is 4.47. The Labute approximate surface area is 150 Å². The number of halogens is 2. The highest BCUT2D eigenvalue weighted by Crippen LogP contribution is 2.27. The van der Waals surface area contributed by atoms with Gasteiger partial charge in [0.25, 0.3) is 0 Å². The second kappa shape index (κ2) is 7.85. The topological polar surface area (TPSA) is 83.0 Å². The van der Waals surface area contributed by atoms with Gasteiger partial charge in [-0.25, -0.2) is 0 Å². The maximum absolute atomic E-state index is 9.47. The number of rotatable bonds is 4. The Morgan fingerprint density at radius 2 is 1.67 bits per heavy atom. The lowest BCUT2D eigenvalue weighted by atomic mass is 10.1. The first-order valence-electron chi connectivity index (χ1n) is 8.04. The molecule has 3 N–H and O–H groups in total. The number of nitrogens with one attached hydrogen (secondary N) is 2. The Hall–Kier alpha value is -1.79. The van der Waals surface area contributed by atoms with Crippen molar-refractivity contribution < 1.29 is 5.11 Å². The van der Waals surface area contributed by atoms with Gasteiger partial charge in [-0.15, -0.1) is 0 Å². The number of phenols is 1. The monoisotopic (exact) mass is 367 g/mol. The zero-order chi connectivity index (χ0) is 16.9. The van der Waals surface area contributed by atoms with Crippen molar-refractivity contribution in [2.24, 2.45) is 0 Å². The molecule has 0 bridgehead atoms. The molecule has 24 heavy (non-hydrogen) atoms. The maximum atomic E-state index is 9.47. The lowest BCUT2D eigenvalue weighted by Gasteiger charge is -2.16. The second-order valence-corrected chi connectivity index (χ2v) is 6.62. The van der Waals surface area contributed by atoms with Crippen LogP contribution in [-0.4, -0.2) is 26.1 Å². The van der Waals surface area contributed by atoms with Crippen LogP contribution < -0.4 is 10.6 Å². The summed E-state index contributed by atoms with van der Waals surface area (Å²) in [6.07, 6.45) is 7.22.